The summed E-state index contributed by atoms with van der Waals surface area (Å²) < 4.78 is 0. The summed E-state index contributed by atoms with van der Waals surface area (Å²) >= 11 is 12.5. The molecule has 0 aliphatic carbocycles. The number of rotatable bonds is 8. The van der Waals surface area contributed by atoms with E-state index in [1.807, 2.05) is 18.2 Å². The van der Waals surface area contributed by atoms with E-state index in [0.29, 0.717) is 22.5 Å². The molecule has 1 aromatic rings. The second kappa shape index (κ2) is 8.96. The summed E-state index contributed by atoms with van der Waals surface area (Å²) in [6.07, 6.45) is 0. The molecule has 21 heavy (non-hydrogen) atoms. The Morgan fingerprint density at radius 3 is 2.33 bits per heavy atom. The van der Waals surface area contributed by atoms with Crippen LogP contribution in [0, 0.1) is 5.92 Å². The first-order valence-corrected chi connectivity index (χ1v) is 8.15. The summed E-state index contributed by atoms with van der Waals surface area (Å²) in [4.78, 5) is 4.59. The van der Waals surface area contributed by atoms with Gasteiger partial charge in [0.1, 0.15) is 0 Å². The first-order valence-electron chi connectivity index (χ1n) is 7.39. The Morgan fingerprint density at radius 1 is 1.14 bits per heavy atom. The van der Waals surface area contributed by atoms with E-state index >= 15 is 0 Å². The number of nitrogens with zero attached hydrogens (tertiary/aromatic N) is 2. The highest BCUT2D eigenvalue weighted by atomic mass is 35.5. The Morgan fingerprint density at radius 2 is 1.81 bits per heavy atom. The number of likely N-dealkylation sites (N-methyl/N-ethyl adjacent to an activating group) is 1. The molecular formula is C16H27Cl2N3. The molecule has 1 unspecified atom stereocenters. The van der Waals surface area contributed by atoms with Gasteiger partial charge in [-0.05, 0) is 31.6 Å². The van der Waals surface area contributed by atoms with Crippen molar-refractivity contribution in [2.75, 3.05) is 40.3 Å². The Labute approximate surface area is 139 Å². The molecule has 120 valence electrons. The van der Waals surface area contributed by atoms with Crippen LogP contribution in [0.25, 0.3) is 0 Å². The molecule has 1 atom stereocenters. The van der Waals surface area contributed by atoms with Crippen molar-refractivity contribution in [2.45, 2.75) is 19.9 Å². The van der Waals surface area contributed by atoms with Gasteiger partial charge >= 0.3 is 0 Å². The number of halogens is 2. The molecule has 0 aliphatic rings. The molecule has 2 N–H and O–H groups in total. The van der Waals surface area contributed by atoms with Gasteiger partial charge in [-0.25, -0.2) is 0 Å². The van der Waals surface area contributed by atoms with E-state index < -0.39 is 0 Å². The van der Waals surface area contributed by atoms with Crippen molar-refractivity contribution in [3.05, 3.63) is 33.8 Å². The van der Waals surface area contributed by atoms with Gasteiger partial charge in [-0.15, -0.1) is 0 Å². The minimum absolute atomic E-state index is 0.0959. The maximum Gasteiger partial charge on any atom is 0.0640 e. The SMILES string of the molecule is CC(C)CN(CCN(C)C)C(CN)c1cccc(Cl)c1Cl. The van der Waals surface area contributed by atoms with Crippen LogP contribution in [0.5, 0.6) is 0 Å². The standard InChI is InChI=1S/C16H27Cl2N3/c1-12(2)11-21(9-8-20(3)4)15(10-19)13-6-5-7-14(17)16(13)18/h5-7,12,15H,8-11,19H2,1-4H3. The van der Waals surface area contributed by atoms with Crippen LogP contribution in [-0.2, 0) is 0 Å². The van der Waals surface area contributed by atoms with Crippen LogP contribution in [0.1, 0.15) is 25.5 Å². The second-order valence-electron chi connectivity index (χ2n) is 6.09. The summed E-state index contributed by atoms with van der Waals surface area (Å²) in [5.41, 5.74) is 7.07. The highest BCUT2D eigenvalue weighted by Crippen LogP contribution is 2.32. The molecule has 0 radical (unpaired) electrons. The molecule has 1 rings (SSSR count). The zero-order valence-corrected chi connectivity index (χ0v) is 15.0. The topological polar surface area (TPSA) is 32.5 Å². The van der Waals surface area contributed by atoms with E-state index in [9.17, 15) is 0 Å². The van der Waals surface area contributed by atoms with Gasteiger partial charge in [0.15, 0.2) is 0 Å². The van der Waals surface area contributed by atoms with Crippen molar-refractivity contribution in [1.29, 1.82) is 0 Å². The van der Waals surface area contributed by atoms with Crippen molar-refractivity contribution in [2.24, 2.45) is 11.7 Å². The second-order valence-corrected chi connectivity index (χ2v) is 6.87. The van der Waals surface area contributed by atoms with Crippen LogP contribution in [0.4, 0.5) is 0 Å². The van der Waals surface area contributed by atoms with E-state index in [1.165, 1.54) is 0 Å². The first-order chi connectivity index (χ1) is 9.86. The largest absolute Gasteiger partial charge is 0.329 e. The third kappa shape index (κ3) is 5.76. The molecule has 0 aliphatic heterocycles. The Balaban J connectivity index is 3.01. The maximum atomic E-state index is 6.39. The highest BCUT2D eigenvalue weighted by molar-refractivity contribution is 6.42. The molecule has 0 amide bonds. The number of hydrogen-bond donors (Lipinski definition) is 1. The molecule has 0 bridgehead atoms. The van der Waals surface area contributed by atoms with E-state index in [-0.39, 0.29) is 6.04 Å². The van der Waals surface area contributed by atoms with Crippen LogP contribution < -0.4 is 5.73 Å². The van der Waals surface area contributed by atoms with Crippen LogP contribution >= 0.6 is 23.2 Å². The fourth-order valence-corrected chi connectivity index (χ4v) is 2.86. The third-order valence-corrected chi connectivity index (χ3v) is 4.27. The van der Waals surface area contributed by atoms with Crippen LogP contribution in [0.15, 0.2) is 18.2 Å². The predicted octanol–water partition coefficient (Wildman–Crippen LogP) is 3.51. The van der Waals surface area contributed by atoms with Crippen molar-refractivity contribution in [3.8, 4) is 0 Å². The molecule has 0 fully saturated rings. The van der Waals surface area contributed by atoms with Gasteiger partial charge in [-0.1, -0.05) is 49.2 Å². The van der Waals surface area contributed by atoms with Crippen LogP contribution in [0.3, 0.4) is 0 Å². The van der Waals surface area contributed by atoms with Gasteiger partial charge in [0.25, 0.3) is 0 Å². The summed E-state index contributed by atoms with van der Waals surface area (Å²) in [5, 5.41) is 1.21. The summed E-state index contributed by atoms with van der Waals surface area (Å²) in [6.45, 7) is 7.89. The lowest BCUT2D eigenvalue weighted by Crippen LogP contribution is -2.40. The van der Waals surface area contributed by atoms with E-state index in [2.05, 4.69) is 37.7 Å². The maximum absolute atomic E-state index is 6.39. The molecule has 0 spiro atoms. The molecule has 3 nitrogen and oxygen atoms in total. The molecule has 0 heterocycles. The number of hydrogen-bond acceptors (Lipinski definition) is 3. The predicted molar refractivity (Wildman–Crippen MR) is 93.2 cm³/mol. The quantitative estimate of drug-likeness (QED) is 0.791. The van der Waals surface area contributed by atoms with Gasteiger partial charge < -0.3 is 10.6 Å². The van der Waals surface area contributed by atoms with E-state index in [1.54, 1.807) is 0 Å². The summed E-state index contributed by atoms with van der Waals surface area (Å²) in [6, 6.07) is 5.87. The highest BCUT2D eigenvalue weighted by Gasteiger charge is 2.22. The van der Waals surface area contributed by atoms with Gasteiger partial charge in [-0.2, -0.15) is 0 Å². The lowest BCUT2D eigenvalue weighted by atomic mass is 10.0. The minimum atomic E-state index is 0.0959. The van der Waals surface area contributed by atoms with Crippen molar-refractivity contribution in [1.82, 2.24) is 9.80 Å². The lowest BCUT2D eigenvalue weighted by molar-refractivity contribution is 0.164. The number of nitrogens with two attached hydrogens (primary N) is 1. The van der Waals surface area contributed by atoms with Gasteiger partial charge in [0.2, 0.25) is 0 Å². The van der Waals surface area contributed by atoms with Crippen LogP contribution in [0.2, 0.25) is 10.0 Å². The Bertz CT molecular complexity index is 436. The average molecular weight is 332 g/mol. The molecule has 0 aromatic heterocycles. The minimum Gasteiger partial charge on any atom is -0.329 e. The zero-order valence-electron chi connectivity index (χ0n) is 13.4. The number of benzene rings is 1. The fourth-order valence-electron chi connectivity index (χ4n) is 2.42. The fraction of sp³-hybridized carbons (Fsp3) is 0.625. The Kier molecular flexibility index (Phi) is 7.99. The Hall–Kier alpha value is -0.320. The zero-order chi connectivity index (χ0) is 16.0. The molecular weight excluding hydrogens is 305 g/mol. The molecule has 5 heteroatoms. The summed E-state index contributed by atoms with van der Waals surface area (Å²) in [7, 11) is 4.16. The third-order valence-electron chi connectivity index (χ3n) is 3.44. The molecule has 0 saturated carbocycles. The molecule has 0 saturated heterocycles. The lowest BCUT2D eigenvalue weighted by Gasteiger charge is -2.34. The van der Waals surface area contributed by atoms with E-state index in [4.69, 9.17) is 28.9 Å². The summed E-state index contributed by atoms with van der Waals surface area (Å²) in [5.74, 6) is 0.569. The first kappa shape index (κ1) is 18.7. The molecule has 1 aromatic carbocycles. The van der Waals surface area contributed by atoms with Crippen molar-refractivity contribution in [3.63, 3.8) is 0 Å². The average Bonchev–Trinajstić information content (AvgIpc) is 2.40. The van der Waals surface area contributed by atoms with Crippen molar-refractivity contribution < 1.29 is 0 Å². The smallest absolute Gasteiger partial charge is 0.0640 e. The van der Waals surface area contributed by atoms with Crippen molar-refractivity contribution >= 4 is 23.2 Å². The van der Waals surface area contributed by atoms with Gasteiger partial charge in [-0.3, -0.25) is 4.90 Å². The van der Waals surface area contributed by atoms with Gasteiger partial charge in [0.05, 0.1) is 10.0 Å². The monoisotopic (exact) mass is 331 g/mol. The normalized spacial score (nSPS) is 13.4. The van der Waals surface area contributed by atoms with Crippen LogP contribution in [-0.4, -0.2) is 50.1 Å². The van der Waals surface area contributed by atoms with Gasteiger partial charge in [0, 0.05) is 32.2 Å². The van der Waals surface area contributed by atoms with E-state index in [0.717, 1.165) is 25.2 Å².